The molecule has 168 valence electrons. The van der Waals surface area contributed by atoms with Gasteiger partial charge < -0.3 is 21.1 Å². The number of fused-ring (bicyclic) bond motifs is 2. The van der Waals surface area contributed by atoms with E-state index in [9.17, 15) is 9.59 Å². The Kier molecular flexibility index (Phi) is 5.98. The molecule has 1 fully saturated rings. The van der Waals surface area contributed by atoms with Gasteiger partial charge in [0.1, 0.15) is 17.7 Å². The van der Waals surface area contributed by atoms with Crippen LogP contribution in [0.1, 0.15) is 23.6 Å². The van der Waals surface area contributed by atoms with E-state index in [1.54, 1.807) is 6.07 Å². The van der Waals surface area contributed by atoms with Crippen LogP contribution < -0.4 is 21.3 Å². The molecule has 1 saturated heterocycles. The summed E-state index contributed by atoms with van der Waals surface area (Å²) in [5.41, 5.74) is 8.70. The van der Waals surface area contributed by atoms with Gasteiger partial charge in [-0.3, -0.25) is 9.69 Å². The highest BCUT2D eigenvalue weighted by molar-refractivity contribution is 8.00. The van der Waals surface area contributed by atoms with Gasteiger partial charge in [0.25, 0.3) is 0 Å². The number of pyridine rings is 1. The summed E-state index contributed by atoms with van der Waals surface area (Å²) in [6, 6.07) is 9.55. The summed E-state index contributed by atoms with van der Waals surface area (Å²) in [4.78, 5) is 30.9. The molecule has 1 aromatic heterocycles. The molecule has 0 spiro atoms. The quantitative estimate of drug-likeness (QED) is 0.553. The van der Waals surface area contributed by atoms with Crippen LogP contribution in [0.5, 0.6) is 0 Å². The van der Waals surface area contributed by atoms with Crippen molar-refractivity contribution in [3.8, 4) is 0 Å². The fourth-order valence-corrected chi connectivity index (χ4v) is 5.47. The number of nitrogens with two attached hydrogens (primary N) is 1. The molecule has 1 aromatic carbocycles. The summed E-state index contributed by atoms with van der Waals surface area (Å²) in [5.74, 6) is 1.56. The highest BCUT2D eigenvalue weighted by Gasteiger charge is 2.34. The number of amides is 2. The first-order valence-corrected chi connectivity index (χ1v) is 12.0. The number of anilines is 2. The Morgan fingerprint density at radius 3 is 3.03 bits per heavy atom. The van der Waals surface area contributed by atoms with Gasteiger partial charge in [0.05, 0.1) is 17.2 Å². The molecule has 0 saturated carbocycles. The van der Waals surface area contributed by atoms with Crippen molar-refractivity contribution in [3.63, 3.8) is 0 Å². The van der Waals surface area contributed by atoms with E-state index in [0.717, 1.165) is 34.0 Å². The molecule has 5 rings (SSSR count). The normalized spacial score (nSPS) is 24.2. The molecule has 8 nitrogen and oxygen atoms in total. The maximum absolute atomic E-state index is 12.4. The highest BCUT2D eigenvalue weighted by Crippen LogP contribution is 2.38. The number of hydrogen-bond acceptors (Lipinski definition) is 7. The SMILES string of the molecule is NC1c2cccc(Cl)c2CC1CNCCC1CN(c2ccc3c(n2)NC(=O)CS3)C(=O)O1. The van der Waals surface area contributed by atoms with Gasteiger partial charge in [-0.05, 0) is 54.6 Å². The van der Waals surface area contributed by atoms with E-state index in [-0.39, 0.29) is 18.1 Å². The Balaban J connectivity index is 1.12. The lowest BCUT2D eigenvalue weighted by Crippen LogP contribution is -2.31. The lowest BCUT2D eigenvalue weighted by molar-refractivity contribution is -0.113. The number of carbonyl (C=O) groups is 2. The van der Waals surface area contributed by atoms with Crippen molar-refractivity contribution in [1.82, 2.24) is 10.3 Å². The second-order valence-electron chi connectivity index (χ2n) is 8.26. The molecule has 2 amide bonds. The Hall–Kier alpha value is -2.33. The largest absolute Gasteiger partial charge is 0.444 e. The van der Waals surface area contributed by atoms with E-state index in [1.165, 1.54) is 16.7 Å². The number of halogens is 1. The number of ether oxygens (including phenoxy) is 1. The van der Waals surface area contributed by atoms with Crippen LogP contribution in [0.25, 0.3) is 0 Å². The van der Waals surface area contributed by atoms with Gasteiger partial charge in [-0.1, -0.05) is 23.7 Å². The minimum absolute atomic E-state index is 0.0234. The molecule has 3 aliphatic rings. The molecule has 4 N–H and O–H groups in total. The van der Waals surface area contributed by atoms with E-state index in [4.69, 9.17) is 22.1 Å². The zero-order chi connectivity index (χ0) is 22.2. The van der Waals surface area contributed by atoms with E-state index in [1.807, 2.05) is 18.2 Å². The van der Waals surface area contributed by atoms with Crippen molar-refractivity contribution >= 4 is 47.0 Å². The molecule has 1 aliphatic carbocycles. The number of carbonyl (C=O) groups excluding carboxylic acids is 2. The van der Waals surface area contributed by atoms with Crippen molar-refractivity contribution in [2.45, 2.75) is 29.9 Å². The second-order valence-corrected chi connectivity index (χ2v) is 9.68. The molecule has 32 heavy (non-hydrogen) atoms. The summed E-state index contributed by atoms with van der Waals surface area (Å²) in [6.07, 6.45) is 0.921. The minimum atomic E-state index is -0.417. The topological polar surface area (TPSA) is 110 Å². The van der Waals surface area contributed by atoms with Crippen LogP contribution in [-0.2, 0) is 16.0 Å². The van der Waals surface area contributed by atoms with E-state index in [0.29, 0.717) is 42.8 Å². The molecule has 2 aliphatic heterocycles. The molecule has 3 heterocycles. The monoisotopic (exact) mass is 473 g/mol. The van der Waals surface area contributed by atoms with Gasteiger partial charge in [-0.25, -0.2) is 9.78 Å². The zero-order valence-corrected chi connectivity index (χ0v) is 18.9. The molecule has 3 unspecified atom stereocenters. The first-order chi connectivity index (χ1) is 15.5. The number of rotatable bonds is 6. The van der Waals surface area contributed by atoms with Crippen LogP contribution in [0.15, 0.2) is 35.2 Å². The average Bonchev–Trinajstić information content (AvgIpc) is 3.31. The predicted octanol–water partition coefficient (Wildman–Crippen LogP) is 2.96. The number of nitrogens with zero attached hydrogens (tertiary/aromatic N) is 2. The molecule has 2 aromatic rings. The third kappa shape index (κ3) is 4.17. The van der Waals surface area contributed by atoms with Crippen LogP contribution in [0.2, 0.25) is 5.02 Å². The van der Waals surface area contributed by atoms with E-state index >= 15 is 0 Å². The fraction of sp³-hybridized carbons (Fsp3) is 0.409. The van der Waals surface area contributed by atoms with Crippen LogP contribution in [0.3, 0.4) is 0 Å². The first-order valence-electron chi connectivity index (χ1n) is 10.6. The number of aromatic nitrogens is 1. The highest BCUT2D eigenvalue weighted by atomic mass is 35.5. The summed E-state index contributed by atoms with van der Waals surface area (Å²) in [6.45, 7) is 1.92. The average molecular weight is 474 g/mol. The molecule has 0 bridgehead atoms. The number of nitrogens with one attached hydrogen (secondary N) is 2. The standard InChI is InChI=1S/C22H24ClN5O3S/c23-16-3-1-2-14-15(16)8-12(20(14)24)9-25-7-6-13-10-28(22(30)31-13)18-5-4-17-21(26-18)27-19(29)11-32-17/h1-5,12-13,20,25H,6-11,24H2,(H,26,27,29). The van der Waals surface area contributed by atoms with Crippen molar-refractivity contribution in [2.75, 3.05) is 35.6 Å². The Labute approximate surface area is 195 Å². The van der Waals surface area contributed by atoms with Crippen LogP contribution >= 0.6 is 23.4 Å². The third-order valence-electron chi connectivity index (χ3n) is 6.15. The van der Waals surface area contributed by atoms with Crippen molar-refractivity contribution in [3.05, 3.63) is 46.5 Å². The Morgan fingerprint density at radius 1 is 1.31 bits per heavy atom. The van der Waals surface area contributed by atoms with Crippen LogP contribution in [0.4, 0.5) is 16.4 Å². The number of cyclic esters (lactones) is 1. The zero-order valence-electron chi connectivity index (χ0n) is 17.3. The summed E-state index contributed by atoms with van der Waals surface area (Å²) >= 11 is 7.75. The smallest absolute Gasteiger partial charge is 0.415 e. The number of hydrogen-bond donors (Lipinski definition) is 3. The summed E-state index contributed by atoms with van der Waals surface area (Å²) < 4.78 is 5.53. The van der Waals surface area contributed by atoms with E-state index in [2.05, 4.69) is 21.7 Å². The Bertz CT molecular complexity index is 1070. The molecular formula is C22H24ClN5O3S. The fourth-order valence-electron chi connectivity index (χ4n) is 4.46. The lowest BCUT2D eigenvalue weighted by Gasteiger charge is -2.18. The van der Waals surface area contributed by atoms with E-state index < -0.39 is 6.09 Å². The minimum Gasteiger partial charge on any atom is -0.444 e. The van der Waals surface area contributed by atoms with Crippen LogP contribution in [-0.4, -0.2) is 48.5 Å². The van der Waals surface area contributed by atoms with Gasteiger partial charge in [0.2, 0.25) is 5.91 Å². The lowest BCUT2D eigenvalue weighted by atomic mass is 10.0. The summed E-state index contributed by atoms with van der Waals surface area (Å²) in [7, 11) is 0. The van der Waals surface area contributed by atoms with Gasteiger partial charge in [-0.2, -0.15) is 0 Å². The van der Waals surface area contributed by atoms with Crippen molar-refractivity contribution < 1.29 is 14.3 Å². The second kappa shape index (κ2) is 8.90. The third-order valence-corrected chi connectivity index (χ3v) is 7.55. The maximum Gasteiger partial charge on any atom is 0.415 e. The first kappa shape index (κ1) is 21.5. The van der Waals surface area contributed by atoms with Crippen molar-refractivity contribution in [1.29, 1.82) is 0 Å². The molecule has 10 heteroatoms. The summed E-state index contributed by atoms with van der Waals surface area (Å²) in [5, 5.41) is 6.99. The number of benzene rings is 1. The van der Waals surface area contributed by atoms with Gasteiger partial charge in [-0.15, -0.1) is 11.8 Å². The van der Waals surface area contributed by atoms with Gasteiger partial charge in [0, 0.05) is 17.6 Å². The molecule has 3 atom stereocenters. The number of thioether (sulfide) groups is 1. The predicted molar refractivity (Wildman–Crippen MR) is 124 cm³/mol. The maximum atomic E-state index is 12.4. The molecule has 0 radical (unpaired) electrons. The van der Waals surface area contributed by atoms with Gasteiger partial charge >= 0.3 is 6.09 Å². The van der Waals surface area contributed by atoms with Crippen LogP contribution in [0, 0.1) is 5.92 Å². The Morgan fingerprint density at radius 2 is 2.19 bits per heavy atom. The van der Waals surface area contributed by atoms with Crippen molar-refractivity contribution in [2.24, 2.45) is 11.7 Å². The molecular weight excluding hydrogens is 450 g/mol. The van der Waals surface area contributed by atoms with Gasteiger partial charge in [0.15, 0.2) is 0 Å².